The normalized spacial score (nSPS) is 17.1. The van der Waals surface area contributed by atoms with Gasteiger partial charge in [0.1, 0.15) is 0 Å². The second kappa shape index (κ2) is 9.71. The van der Waals surface area contributed by atoms with E-state index in [2.05, 4.69) is 50.4 Å². The highest BCUT2D eigenvalue weighted by Crippen LogP contribution is 2.44. The molecule has 7 nitrogen and oxygen atoms in total. The van der Waals surface area contributed by atoms with Gasteiger partial charge in [0.15, 0.2) is 5.11 Å². The van der Waals surface area contributed by atoms with E-state index in [-0.39, 0.29) is 17.6 Å². The van der Waals surface area contributed by atoms with E-state index in [1.807, 2.05) is 62.8 Å². The first-order chi connectivity index (χ1) is 17.8. The lowest BCUT2D eigenvalue weighted by Gasteiger charge is -2.28. The van der Waals surface area contributed by atoms with Gasteiger partial charge in [0.2, 0.25) is 0 Å². The van der Waals surface area contributed by atoms with Crippen LogP contribution in [0.1, 0.15) is 45.1 Å². The quantitative estimate of drug-likeness (QED) is 0.334. The van der Waals surface area contributed by atoms with Gasteiger partial charge in [-0.2, -0.15) is 0 Å². The number of anilines is 2. The number of benzene rings is 2. The number of aromatic nitrogens is 2. The van der Waals surface area contributed by atoms with Crippen LogP contribution in [0.2, 0.25) is 0 Å². The standard InChI is InChI=1S/C29H29N5O2S/c1-18-17-23(19(2)33(18)25-11-6-5-9-22(25)28(35)36)27-26(24-10-7-8-16-30-24)31-29(37)34(27)21-14-12-20(13-15-21)32(3)4/h5-17,26-27H,1-4H3,(H,31,37)(H,35,36). The number of para-hydroxylation sites is 1. The van der Waals surface area contributed by atoms with Crippen molar-refractivity contribution in [3.05, 3.63) is 107 Å². The number of pyridine rings is 1. The number of carbonyl (C=O) groups is 1. The predicted octanol–water partition coefficient (Wildman–Crippen LogP) is 5.43. The molecule has 1 aliphatic heterocycles. The van der Waals surface area contributed by atoms with Crippen LogP contribution in [0.15, 0.2) is 79.0 Å². The maximum Gasteiger partial charge on any atom is 0.337 e. The van der Waals surface area contributed by atoms with Gasteiger partial charge in [-0.3, -0.25) is 4.98 Å². The average Bonchev–Trinajstić information content (AvgIpc) is 3.39. The highest BCUT2D eigenvalue weighted by Gasteiger charge is 2.42. The molecule has 0 radical (unpaired) electrons. The minimum atomic E-state index is -0.956. The smallest absolute Gasteiger partial charge is 0.337 e. The van der Waals surface area contributed by atoms with E-state index < -0.39 is 5.97 Å². The van der Waals surface area contributed by atoms with E-state index in [1.54, 1.807) is 18.3 Å². The molecule has 2 aromatic carbocycles. The Morgan fingerprint density at radius 3 is 2.38 bits per heavy atom. The summed E-state index contributed by atoms with van der Waals surface area (Å²) < 4.78 is 2.02. The zero-order valence-corrected chi connectivity index (χ0v) is 22.0. The summed E-state index contributed by atoms with van der Waals surface area (Å²) in [7, 11) is 4.03. The zero-order valence-electron chi connectivity index (χ0n) is 21.2. The molecule has 188 valence electrons. The van der Waals surface area contributed by atoms with Crippen molar-refractivity contribution in [1.29, 1.82) is 0 Å². The average molecular weight is 512 g/mol. The molecule has 1 saturated heterocycles. The third-order valence-electron chi connectivity index (χ3n) is 6.91. The minimum Gasteiger partial charge on any atom is -0.478 e. The number of hydrogen-bond acceptors (Lipinski definition) is 4. The van der Waals surface area contributed by atoms with Gasteiger partial charge in [-0.25, -0.2) is 4.79 Å². The molecule has 2 N–H and O–H groups in total. The molecule has 8 heteroatoms. The van der Waals surface area contributed by atoms with Crippen molar-refractivity contribution in [1.82, 2.24) is 14.9 Å². The number of thiocarbonyl (C=S) groups is 1. The van der Waals surface area contributed by atoms with Gasteiger partial charge in [0, 0.05) is 43.1 Å². The molecule has 3 heterocycles. The fourth-order valence-corrected chi connectivity index (χ4v) is 5.51. The van der Waals surface area contributed by atoms with Gasteiger partial charge in [0.25, 0.3) is 0 Å². The number of aromatic carboxylic acids is 1. The molecule has 0 aliphatic carbocycles. The van der Waals surface area contributed by atoms with Crippen molar-refractivity contribution >= 4 is 34.7 Å². The van der Waals surface area contributed by atoms with E-state index in [0.717, 1.165) is 34.0 Å². The molecule has 0 saturated carbocycles. The molecule has 37 heavy (non-hydrogen) atoms. The summed E-state index contributed by atoms with van der Waals surface area (Å²) in [5, 5.41) is 14.0. The van der Waals surface area contributed by atoms with Gasteiger partial charge in [-0.15, -0.1) is 0 Å². The summed E-state index contributed by atoms with van der Waals surface area (Å²) in [6, 6.07) is 23.0. The van der Waals surface area contributed by atoms with Crippen molar-refractivity contribution in [2.45, 2.75) is 25.9 Å². The van der Waals surface area contributed by atoms with Gasteiger partial charge >= 0.3 is 5.97 Å². The summed E-state index contributed by atoms with van der Waals surface area (Å²) in [6.07, 6.45) is 1.79. The van der Waals surface area contributed by atoms with Crippen LogP contribution in [0.25, 0.3) is 5.69 Å². The van der Waals surface area contributed by atoms with E-state index in [1.165, 1.54) is 0 Å². The molecule has 2 unspecified atom stereocenters. The second-order valence-corrected chi connectivity index (χ2v) is 9.78. The fourth-order valence-electron chi connectivity index (χ4n) is 5.17. The number of aryl methyl sites for hydroxylation is 1. The van der Waals surface area contributed by atoms with Crippen LogP contribution in [0, 0.1) is 13.8 Å². The minimum absolute atomic E-state index is 0.189. The first-order valence-corrected chi connectivity index (χ1v) is 12.5. The number of nitrogens with zero attached hydrogens (tertiary/aromatic N) is 4. The summed E-state index contributed by atoms with van der Waals surface area (Å²) in [5.74, 6) is -0.956. The molecular weight excluding hydrogens is 482 g/mol. The summed E-state index contributed by atoms with van der Waals surface area (Å²) in [5.41, 5.74) is 6.82. The molecule has 1 fully saturated rings. The highest BCUT2D eigenvalue weighted by molar-refractivity contribution is 7.80. The van der Waals surface area contributed by atoms with Gasteiger partial charge in [-0.1, -0.05) is 18.2 Å². The first-order valence-electron chi connectivity index (χ1n) is 12.1. The molecule has 5 rings (SSSR count). The molecular formula is C29H29N5O2S. The van der Waals surface area contributed by atoms with Crippen LogP contribution < -0.4 is 15.1 Å². The molecule has 0 spiro atoms. The predicted molar refractivity (Wildman–Crippen MR) is 151 cm³/mol. The Morgan fingerprint density at radius 2 is 1.73 bits per heavy atom. The lowest BCUT2D eigenvalue weighted by atomic mass is 9.96. The molecule has 0 amide bonds. The third-order valence-corrected chi connectivity index (χ3v) is 7.22. The highest BCUT2D eigenvalue weighted by atomic mass is 32.1. The summed E-state index contributed by atoms with van der Waals surface area (Å²) >= 11 is 5.88. The van der Waals surface area contributed by atoms with Crippen molar-refractivity contribution in [3.8, 4) is 5.69 Å². The van der Waals surface area contributed by atoms with Crippen LogP contribution in [0.5, 0.6) is 0 Å². The number of nitrogens with one attached hydrogen (secondary N) is 1. The maximum absolute atomic E-state index is 12.0. The summed E-state index contributed by atoms with van der Waals surface area (Å²) in [4.78, 5) is 20.9. The van der Waals surface area contributed by atoms with Gasteiger partial charge < -0.3 is 24.8 Å². The Kier molecular flexibility index (Phi) is 6.43. The number of hydrogen-bond donors (Lipinski definition) is 2. The van der Waals surface area contributed by atoms with Crippen LogP contribution in [-0.4, -0.2) is 39.8 Å². The van der Waals surface area contributed by atoms with E-state index >= 15 is 0 Å². The summed E-state index contributed by atoms with van der Waals surface area (Å²) in [6.45, 7) is 4.03. The molecule has 2 aromatic heterocycles. The van der Waals surface area contributed by atoms with Crippen LogP contribution >= 0.6 is 12.2 Å². The van der Waals surface area contributed by atoms with Crippen LogP contribution in [-0.2, 0) is 0 Å². The van der Waals surface area contributed by atoms with E-state index in [9.17, 15) is 9.90 Å². The number of rotatable bonds is 6. The Balaban J connectivity index is 1.68. The molecule has 1 aliphatic rings. The molecule has 2 atom stereocenters. The SMILES string of the molecule is Cc1cc(C2C(c3ccccn3)NC(=S)N2c2ccc(N(C)C)cc2)c(C)n1-c1ccccc1C(=O)O. The van der Waals surface area contributed by atoms with Crippen molar-refractivity contribution in [2.24, 2.45) is 0 Å². The molecule has 4 aromatic rings. The monoisotopic (exact) mass is 511 g/mol. The zero-order chi connectivity index (χ0) is 26.3. The Labute approximate surface area is 222 Å². The number of carboxylic acid groups (broad SMARTS) is 1. The van der Waals surface area contributed by atoms with Crippen molar-refractivity contribution in [3.63, 3.8) is 0 Å². The lowest BCUT2D eigenvalue weighted by molar-refractivity contribution is 0.0697. The Bertz CT molecular complexity index is 1460. The van der Waals surface area contributed by atoms with Gasteiger partial charge in [0.05, 0.1) is 29.0 Å². The van der Waals surface area contributed by atoms with Crippen LogP contribution in [0.3, 0.4) is 0 Å². The van der Waals surface area contributed by atoms with Crippen LogP contribution in [0.4, 0.5) is 11.4 Å². The van der Waals surface area contributed by atoms with E-state index in [0.29, 0.717) is 10.8 Å². The lowest BCUT2D eigenvalue weighted by Crippen LogP contribution is -2.29. The topological polar surface area (TPSA) is 73.6 Å². The largest absolute Gasteiger partial charge is 0.478 e. The molecule has 0 bridgehead atoms. The van der Waals surface area contributed by atoms with Crippen molar-refractivity contribution in [2.75, 3.05) is 23.9 Å². The Hall–Kier alpha value is -4.17. The maximum atomic E-state index is 12.0. The van der Waals surface area contributed by atoms with Gasteiger partial charge in [-0.05, 0) is 86.2 Å². The van der Waals surface area contributed by atoms with Crippen molar-refractivity contribution < 1.29 is 9.90 Å². The first kappa shape index (κ1) is 24.5. The second-order valence-electron chi connectivity index (χ2n) is 9.39. The number of carboxylic acids is 1. The third kappa shape index (κ3) is 4.34. The fraction of sp³-hybridized carbons (Fsp3) is 0.207. The van der Waals surface area contributed by atoms with E-state index in [4.69, 9.17) is 12.2 Å². The Morgan fingerprint density at radius 1 is 1.03 bits per heavy atom.